The molecular weight excluding hydrogens is 461 g/mol. The van der Waals surface area contributed by atoms with Gasteiger partial charge in [-0.15, -0.1) is 0 Å². The number of nitrogens with zero attached hydrogens (tertiary/aromatic N) is 2. The van der Waals surface area contributed by atoms with Crippen molar-refractivity contribution in [2.45, 2.75) is 84.8 Å². The molecule has 0 aliphatic rings. The molecule has 1 atom stereocenters. The van der Waals surface area contributed by atoms with Crippen LogP contribution in [0.5, 0.6) is 0 Å². The average molecular weight is 504 g/mol. The first-order valence-corrected chi connectivity index (χ1v) is 15.8. The van der Waals surface area contributed by atoms with Gasteiger partial charge in [0.05, 0.1) is 31.5 Å². The van der Waals surface area contributed by atoms with Gasteiger partial charge in [0.1, 0.15) is 12.2 Å². The zero-order valence-corrected chi connectivity index (χ0v) is 23.5. The lowest BCUT2D eigenvalue weighted by atomic mass is 10.1. The van der Waals surface area contributed by atoms with Crippen LogP contribution < -0.4 is 11.4 Å². The van der Waals surface area contributed by atoms with Gasteiger partial charge in [-0.05, 0) is 57.5 Å². The molecule has 1 rings (SSSR count). The predicted molar refractivity (Wildman–Crippen MR) is 135 cm³/mol. The fourth-order valence-electron chi connectivity index (χ4n) is 2.67. The monoisotopic (exact) mass is 503 g/mol. The topological polar surface area (TPSA) is 115 Å². The zero-order valence-electron chi connectivity index (χ0n) is 21.6. The van der Waals surface area contributed by atoms with Gasteiger partial charge in [0.15, 0.2) is 8.32 Å². The molecule has 0 amide bonds. The van der Waals surface area contributed by atoms with Gasteiger partial charge in [-0.1, -0.05) is 27.4 Å². The third-order valence-electron chi connectivity index (χ3n) is 5.35. The van der Waals surface area contributed by atoms with Crippen molar-refractivity contribution in [3.05, 3.63) is 34.9 Å². The van der Waals surface area contributed by atoms with Crippen molar-refractivity contribution >= 4 is 21.7 Å². The second kappa shape index (κ2) is 11.9. The molecular formula is C22H42N3O6PSi. The molecule has 1 aromatic heterocycles. The molecule has 0 aromatic carbocycles. The van der Waals surface area contributed by atoms with Crippen LogP contribution in [0.2, 0.25) is 18.1 Å². The third kappa shape index (κ3) is 9.46. The molecule has 0 saturated carbocycles. The van der Waals surface area contributed by atoms with Crippen LogP contribution in [0.15, 0.2) is 29.2 Å². The zero-order chi connectivity index (χ0) is 25.6. The Labute approximate surface area is 199 Å². The number of rotatable bonds is 13. The summed E-state index contributed by atoms with van der Waals surface area (Å²) in [6, 6.07) is 1.02. The van der Waals surface area contributed by atoms with E-state index in [9.17, 15) is 9.36 Å². The quantitative estimate of drug-likeness (QED) is 0.228. The first kappa shape index (κ1) is 29.7. The van der Waals surface area contributed by atoms with E-state index in [1.165, 1.54) is 4.57 Å². The van der Waals surface area contributed by atoms with Crippen LogP contribution in [-0.2, 0) is 22.8 Å². The average Bonchev–Trinajstić information content (AvgIpc) is 2.60. The Morgan fingerprint density at radius 2 is 1.76 bits per heavy atom. The number of ether oxygens (including phenoxy) is 1. The first-order valence-electron chi connectivity index (χ1n) is 11.2. The lowest BCUT2D eigenvalue weighted by Crippen LogP contribution is -2.43. The molecule has 33 heavy (non-hydrogen) atoms. The van der Waals surface area contributed by atoms with Gasteiger partial charge in [-0.2, -0.15) is 4.98 Å². The number of nitrogens with two attached hydrogens (primary N) is 1. The maximum Gasteiger partial charge on any atom is 0.356 e. The van der Waals surface area contributed by atoms with Crippen LogP contribution in [-0.4, -0.2) is 49.6 Å². The summed E-state index contributed by atoms with van der Waals surface area (Å²) in [7, 11) is -5.55. The van der Waals surface area contributed by atoms with Gasteiger partial charge in [0.2, 0.25) is 0 Å². The minimum absolute atomic E-state index is 0.00524. The highest BCUT2D eigenvalue weighted by Crippen LogP contribution is 2.50. The second-order valence-corrected chi connectivity index (χ2v) is 16.9. The Morgan fingerprint density at radius 3 is 2.21 bits per heavy atom. The van der Waals surface area contributed by atoms with Crippen molar-refractivity contribution in [1.29, 1.82) is 0 Å². The van der Waals surface area contributed by atoms with Crippen LogP contribution in [0.3, 0.4) is 0 Å². The van der Waals surface area contributed by atoms with Crippen molar-refractivity contribution in [2.24, 2.45) is 0 Å². The number of nitrogen functional groups attached to an aromatic ring is 1. The summed E-state index contributed by atoms with van der Waals surface area (Å²) in [5.41, 5.74) is 5.73. The van der Waals surface area contributed by atoms with Crippen molar-refractivity contribution in [3.63, 3.8) is 0 Å². The fraction of sp³-hybridized carbons (Fsp3) is 0.727. The van der Waals surface area contributed by atoms with Crippen LogP contribution >= 0.6 is 7.60 Å². The summed E-state index contributed by atoms with van der Waals surface area (Å²) < 4.78 is 37.6. The number of hydrogen-bond donors (Lipinski definition) is 1. The van der Waals surface area contributed by atoms with Crippen LogP contribution in [0.25, 0.3) is 0 Å². The Morgan fingerprint density at radius 1 is 1.21 bits per heavy atom. The van der Waals surface area contributed by atoms with Crippen molar-refractivity contribution in [3.8, 4) is 0 Å². The smallest absolute Gasteiger partial charge is 0.356 e. The summed E-state index contributed by atoms with van der Waals surface area (Å²) in [6.07, 6.45) is 0.773. The molecule has 9 nitrogen and oxygen atoms in total. The van der Waals surface area contributed by atoms with Crippen LogP contribution in [0.4, 0.5) is 5.82 Å². The van der Waals surface area contributed by atoms with E-state index >= 15 is 0 Å². The Bertz CT molecular complexity index is 881. The van der Waals surface area contributed by atoms with E-state index in [0.717, 1.165) is 0 Å². The summed E-state index contributed by atoms with van der Waals surface area (Å²) in [5.74, 6) is 0.139. The van der Waals surface area contributed by atoms with E-state index in [-0.39, 0.29) is 42.6 Å². The summed E-state index contributed by atoms with van der Waals surface area (Å²) in [5, 5.41) is -0.00524. The molecule has 1 heterocycles. The highest BCUT2D eigenvalue weighted by molar-refractivity contribution is 7.53. The van der Waals surface area contributed by atoms with Gasteiger partial charge >= 0.3 is 13.3 Å². The molecule has 0 bridgehead atoms. The van der Waals surface area contributed by atoms with Crippen LogP contribution in [0.1, 0.15) is 54.5 Å². The first-order chi connectivity index (χ1) is 15.0. The maximum absolute atomic E-state index is 13.0. The van der Waals surface area contributed by atoms with Crippen molar-refractivity contribution < 1.29 is 22.8 Å². The molecule has 0 fully saturated rings. The molecule has 0 spiro atoms. The SMILES string of the molecule is C=C(COCP(=O)(OC(C)C)OC(C)C)C(CO[Si](C)(C)C(C)(C)C)n1ccc(N)nc1=O. The Kier molecular flexibility index (Phi) is 10.7. The third-order valence-corrected chi connectivity index (χ3v) is 11.8. The van der Waals surface area contributed by atoms with E-state index in [1.807, 2.05) is 0 Å². The van der Waals surface area contributed by atoms with E-state index in [1.54, 1.807) is 40.0 Å². The molecule has 0 radical (unpaired) electrons. The molecule has 2 N–H and O–H groups in total. The molecule has 11 heteroatoms. The van der Waals surface area contributed by atoms with Gasteiger partial charge in [-0.25, -0.2) is 4.79 Å². The van der Waals surface area contributed by atoms with Crippen molar-refractivity contribution in [1.82, 2.24) is 9.55 Å². The summed E-state index contributed by atoms with van der Waals surface area (Å²) in [6.45, 7) is 22.2. The fourth-order valence-corrected chi connectivity index (χ4v) is 5.45. The number of aromatic nitrogens is 2. The predicted octanol–water partition coefficient (Wildman–Crippen LogP) is 4.96. The molecule has 0 saturated heterocycles. The summed E-state index contributed by atoms with van der Waals surface area (Å²) in [4.78, 5) is 16.4. The Balaban J connectivity index is 3.04. The lowest BCUT2D eigenvalue weighted by Gasteiger charge is -2.37. The largest absolute Gasteiger partial charge is 0.414 e. The summed E-state index contributed by atoms with van der Waals surface area (Å²) >= 11 is 0. The van der Waals surface area contributed by atoms with E-state index in [4.69, 9.17) is 23.9 Å². The van der Waals surface area contributed by atoms with Gasteiger partial charge < -0.3 is 23.9 Å². The molecule has 0 aliphatic heterocycles. The lowest BCUT2D eigenvalue weighted by molar-refractivity contribution is 0.103. The van der Waals surface area contributed by atoms with E-state index < -0.39 is 27.6 Å². The molecule has 1 unspecified atom stereocenters. The van der Waals surface area contributed by atoms with E-state index in [0.29, 0.717) is 5.57 Å². The second-order valence-electron chi connectivity index (χ2n) is 10.2. The molecule has 190 valence electrons. The minimum Gasteiger partial charge on any atom is -0.414 e. The number of anilines is 1. The van der Waals surface area contributed by atoms with Crippen LogP contribution in [0, 0.1) is 0 Å². The molecule has 1 aromatic rings. The highest BCUT2D eigenvalue weighted by atomic mass is 31.2. The Hall–Kier alpha value is -1.29. The van der Waals surface area contributed by atoms with Gasteiger partial charge in [0.25, 0.3) is 0 Å². The minimum atomic E-state index is -3.46. The normalized spacial score (nSPS) is 14.2. The van der Waals surface area contributed by atoms with Crippen molar-refractivity contribution in [2.75, 3.05) is 25.3 Å². The standard InChI is InChI=1S/C22H42N3O6PSi/c1-16(2)30-32(27,31-17(3)4)15-28-13-18(5)19(14-29-33(9,10)22(6,7)8)25-12-11-20(23)24-21(25)26/h11-12,16-17,19H,5,13-15H2,1-4,6-10H3,(H2,23,24,26). The molecule has 0 aliphatic carbocycles. The van der Waals surface area contributed by atoms with E-state index in [2.05, 4.69) is 45.4 Å². The van der Waals surface area contributed by atoms with Gasteiger partial charge in [0, 0.05) is 6.20 Å². The van der Waals surface area contributed by atoms with Gasteiger partial charge in [-0.3, -0.25) is 9.13 Å². The maximum atomic E-state index is 13.0. The number of hydrogen-bond acceptors (Lipinski definition) is 8. The highest BCUT2D eigenvalue weighted by Gasteiger charge is 2.38.